The van der Waals surface area contributed by atoms with Gasteiger partial charge in [0, 0.05) is 25.4 Å². The highest BCUT2D eigenvalue weighted by Crippen LogP contribution is 2.10. The number of aromatic nitrogens is 3. The minimum atomic E-state index is -0.360. The summed E-state index contributed by atoms with van der Waals surface area (Å²) in [5.74, 6) is 0.705. The van der Waals surface area contributed by atoms with Crippen LogP contribution < -0.4 is 10.6 Å². The van der Waals surface area contributed by atoms with Gasteiger partial charge in [0.05, 0.1) is 12.8 Å². The number of H-pyrrole nitrogens is 1. The largest absolute Gasteiger partial charge is 0.366 e. The van der Waals surface area contributed by atoms with E-state index in [2.05, 4.69) is 26.0 Å². The van der Waals surface area contributed by atoms with Crippen LogP contribution in [0.25, 0.3) is 0 Å². The van der Waals surface area contributed by atoms with Gasteiger partial charge in [-0.2, -0.15) is 10.3 Å². The topological polar surface area (TPSA) is 91.9 Å². The highest BCUT2D eigenvalue weighted by atomic mass is 32.2. The molecule has 2 heterocycles. The Morgan fingerprint density at radius 1 is 1.71 bits per heavy atom. The average molecular weight is 257 g/mol. The molecule has 8 heteroatoms. The first-order valence-corrected chi connectivity index (χ1v) is 6.43. The number of nitrogens with one attached hydrogen (secondary N) is 3. The SMILES string of the molecule is O=C(NCCSc1cn[nH]n1)[C@H]1CNCCO1. The first-order chi connectivity index (χ1) is 8.36. The third-order valence-electron chi connectivity index (χ3n) is 2.26. The van der Waals surface area contributed by atoms with Crippen molar-refractivity contribution in [3.63, 3.8) is 0 Å². The van der Waals surface area contributed by atoms with Crippen LogP contribution in [0, 0.1) is 0 Å². The molecule has 0 radical (unpaired) electrons. The van der Waals surface area contributed by atoms with Gasteiger partial charge in [-0.1, -0.05) is 0 Å². The second-order valence-electron chi connectivity index (χ2n) is 3.51. The van der Waals surface area contributed by atoms with E-state index in [1.807, 2.05) is 0 Å². The van der Waals surface area contributed by atoms with Crippen molar-refractivity contribution >= 4 is 17.7 Å². The molecule has 0 bridgehead atoms. The van der Waals surface area contributed by atoms with Crippen LogP contribution in [-0.2, 0) is 9.53 Å². The van der Waals surface area contributed by atoms with Crippen LogP contribution in [-0.4, -0.2) is 59.4 Å². The van der Waals surface area contributed by atoms with Gasteiger partial charge in [0.2, 0.25) is 5.91 Å². The third-order valence-corrected chi connectivity index (χ3v) is 3.16. The number of aromatic amines is 1. The minimum Gasteiger partial charge on any atom is -0.366 e. The predicted octanol–water partition coefficient (Wildman–Crippen LogP) is -0.999. The first-order valence-electron chi connectivity index (χ1n) is 5.45. The summed E-state index contributed by atoms with van der Waals surface area (Å²) in [6.45, 7) is 2.58. The van der Waals surface area contributed by atoms with Crippen LogP contribution in [0.4, 0.5) is 0 Å². The molecule has 1 aliphatic rings. The van der Waals surface area contributed by atoms with Crippen molar-refractivity contribution in [2.45, 2.75) is 11.1 Å². The van der Waals surface area contributed by atoms with Crippen molar-refractivity contribution < 1.29 is 9.53 Å². The van der Waals surface area contributed by atoms with Crippen LogP contribution in [0.15, 0.2) is 11.2 Å². The molecule has 0 spiro atoms. The van der Waals surface area contributed by atoms with E-state index in [0.717, 1.165) is 17.3 Å². The molecule has 1 aliphatic heterocycles. The molecule has 7 nitrogen and oxygen atoms in total. The highest BCUT2D eigenvalue weighted by Gasteiger charge is 2.20. The van der Waals surface area contributed by atoms with Crippen molar-refractivity contribution in [1.82, 2.24) is 26.0 Å². The lowest BCUT2D eigenvalue weighted by atomic mass is 10.3. The molecule has 1 aromatic heterocycles. The minimum absolute atomic E-state index is 0.0575. The summed E-state index contributed by atoms with van der Waals surface area (Å²) in [7, 11) is 0. The van der Waals surface area contributed by atoms with Crippen LogP contribution in [0.3, 0.4) is 0 Å². The van der Waals surface area contributed by atoms with Crippen molar-refractivity contribution in [2.24, 2.45) is 0 Å². The van der Waals surface area contributed by atoms with Crippen LogP contribution >= 0.6 is 11.8 Å². The van der Waals surface area contributed by atoms with Crippen molar-refractivity contribution in [3.05, 3.63) is 6.20 Å². The van der Waals surface area contributed by atoms with Gasteiger partial charge >= 0.3 is 0 Å². The fourth-order valence-corrected chi connectivity index (χ4v) is 2.08. The fraction of sp³-hybridized carbons (Fsp3) is 0.667. The van der Waals surface area contributed by atoms with Gasteiger partial charge in [-0.15, -0.1) is 16.9 Å². The van der Waals surface area contributed by atoms with Gasteiger partial charge in [0.25, 0.3) is 0 Å². The Hall–Kier alpha value is -1.12. The maximum Gasteiger partial charge on any atom is 0.250 e. The Bertz CT molecular complexity index is 339. The van der Waals surface area contributed by atoms with E-state index in [4.69, 9.17) is 4.74 Å². The summed E-state index contributed by atoms with van der Waals surface area (Å²) in [5.41, 5.74) is 0. The molecule has 1 amide bonds. The number of amides is 1. The smallest absolute Gasteiger partial charge is 0.250 e. The molecule has 94 valence electrons. The molecule has 1 saturated heterocycles. The van der Waals surface area contributed by atoms with Gasteiger partial charge in [0.15, 0.2) is 0 Å². The molecule has 17 heavy (non-hydrogen) atoms. The van der Waals surface area contributed by atoms with Crippen molar-refractivity contribution in [2.75, 3.05) is 32.0 Å². The second kappa shape index (κ2) is 6.58. The molecular formula is C9H15N5O2S. The molecule has 1 atom stereocenters. The number of rotatable bonds is 5. The lowest BCUT2D eigenvalue weighted by molar-refractivity contribution is -0.134. The summed E-state index contributed by atoms with van der Waals surface area (Å²) in [5, 5.41) is 16.9. The highest BCUT2D eigenvalue weighted by molar-refractivity contribution is 7.99. The Kier molecular flexibility index (Phi) is 4.77. The maximum absolute atomic E-state index is 11.6. The zero-order valence-corrected chi connectivity index (χ0v) is 10.1. The molecule has 0 unspecified atom stereocenters. The number of nitrogens with zero attached hydrogens (tertiary/aromatic N) is 2. The van der Waals surface area contributed by atoms with Crippen LogP contribution in [0.5, 0.6) is 0 Å². The van der Waals surface area contributed by atoms with Gasteiger partial charge < -0.3 is 15.4 Å². The van der Waals surface area contributed by atoms with Gasteiger partial charge in [-0.25, -0.2) is 0 Å². The molecule has 1 fully saturated rings. The van der Waals surface area contributed by atoms with E-state index in [-0.39, 0.29) is 12.0 Å². The zero-order valence-electron chi connectivity index (χ0n) is 9.31. The Labute approximate surface area is 103 Å². The van der Waals surface area contributed by atoms with E-state index in [0.29, 0.717) is 19.7 Å². The Balaban J connectivity index is 1.59. The van der Waals surface area contributed by atoms with Gasteiger partial charge in [-0.05, 0) is 0 Å². The van der Waals surface area contributed by atoms with Crippen LogP contribution in [0.1, 0.15) is 0 Å². The quantitative estimate of drug-likeness (QED) is 0.463. The molecule has 0 saturated carbocycles. The molecular weight excluding hydrogens is 242 g/mol. The van der Waals surface area contributed by atoms with Crippen LogP contribution in [0.2, 0.25) is 0 Å². The summed E-state index contributed by atoms with van der Waals surface area (Å²) in [4.78, 5) is 11.6. The molecule has 0 aliphatic carbocycles. The number of carbonyl (C=O) groups excluding carboxylic acids is 1. The van der Waals surface area contributed by atoms with Gasteiger partial charge in [0.1, 0.15) is 11.1 Å². The summed E-state index contributed by atoms with van der Waals surface area (Å²) >= 11 is 1.54. The van der Waals surface area contributed by atoms with Crippen molar-refractivity contribution in [3.8, 4) is 0 Å². The first kappa shape index (κ1) is 12.3. The molecule has 3 N–H and O–H groups in total. The number of ether oxygens (including phenoxy) is 1. The van der Waals surface area contributed by atoms with Crippen molar-refractivity contribution in [1.29, 1.82) is 0 Å². The zero-order chi connectivity index (χ0) is 11.9. The molecule has 0 aromatic carbocycles. The standard InChI is InChI=1S/C9H15N5O2S/c15-9(7-5-10-1-3-16-7)11-2-4-17-8-6-12-14-13-8/h6-7,10H,1-5H2,(H,11,15)(H,12,13,14)/t7-/m1/s1. The van der Waals surface area contributed by atoms with E-state index in [1.165, 1.54) is 11.8 Å². The Morgan fingerprint density at radius 2 is 2.65 bits per heavy atom. The maximum atomic E-state index is 11.6. The van der Waals surface area contributed by atoms with E-state index >= 15 is 0 Å². The van der Waals surface area contributed by atoms with E-state index < -0.39 is 0 Å². The fourth-order valence-electron chi connectivity index (χ4n) is 1.44. The summed E-state index contributed by atoms with van der Waals surface area (Å²) < 4.78 is 5.33. The predicted molar refractivity (Wildman–Crippen MR) is 62.7 cm³/mol. The normalized spacial score (nSPS) is 20.1. The average Bonchev–Trinajstić information content (AvgIpc) is 2.88. The molecule has 1 aromatic rings. The monoisotopic (exact) mass is 257 g/mol. The number of thioether (sulfide) groups is 1. The summed E-state index contributed by atoms with van der Waals surface area (Å²) in [6, 6.07) is 0. The third kappa shape index (κ3) is 3.99. The number of hydrogen-bond donors (Lipinski definition) is 3. The van der Waals surface area contributed by atoms with E-state index in [1.54, 1.807) is 6.20 Å². The number of carbonyl (C=O) groups is 1. The lowest BCUT2D eigenvalue weighted by Gasteiger charge is -2.22. The van der Waals surface area contributed by atoms with Gasteiger partial charge in [-0.3, -0.25) is 4.79 Å². The lowest BCUT2D eigenvalue weighted by Crippen LogP contribution is -2.48. The second-order valence-corrected chi connectivity index (χ2v) is 4.63. The number of hydrogen-bond acceptors (Lipinski definition) is 6. The Morgan fingerprint density at radius 3 is 3.35 bits per heavy atom. The molecule has 2 rings (SSSR count). The van der Waals surface area contributed by atoms with E-state index in [9.17, 15) is 4.79 Å². The summed E-state index contributed by atoms with van der Waals surface area (Å²) in [6.07, 6.45) is 1.29. The number of morpholine rings is 1.